The van der Waals surface area contributed by atoms with E-state index in [1.165, 1.54) is 26.2 Å². The topological polar surface area (TPSA) is 84.0 Å². The average molecular weight is 438 g/mol. The highest BCUT2D eigenvalue weighted by molar-refractivity contribution is 5.90. The molecule has 0 aliphatic carbocycles. The Bertz CT molecular complexity index is 900. The minimum absolute atomic E-state index is 0.151. The Morgan fingerprint density at radius 2 is 1.65 bits per heavy atom. The second kappa shape index (κ2) is 11.1. The van der Waals surface area contributed by atoms with Gasteiger partial charge in [0.05, 0.1) is 12.8 Å². The number of anilines is 1. The number of methoxy groups -OCH3 is 1. The first-order valence-corrected chi connectivity index (χ1v) is 9.37. The van der Waals surface area contributed by atoms with E-state index in [9.17, 15) is 18.0 Å². The maximum atomic E-state index is 12.2. The first-order chi connectivity index (χ1) is 14.7. The Kier molecular flexibility index (Phi) is 8.53. The van der Waals surface area contributed by atoms with Gasteiger partial charge in [0.15, 0.2) is 12.6 Å². The number of aliphatic imine (C=N–C) groups is 1. The summed E-state index contributed by atoms with van der Waals surface area (Å²) < 4.78 is 46.5. The SMILES string of the molecule is CN=C(NCc1ccc(OCC(F)(F)F)cc1)NCc1ccc(OC)c(NC(C)=O)c1. The van der Waals surface area contributed by atoms with Crippen LogP contribution in [-0.4, -0.2) is 38.8 Å². The lowest BCUT2D eigenvalue weighted by Gasteiger charge is -2.14. The maximum absolute atomic E-state index is 12.2. The zero-order valence-electron chi connectivity index (χ0n) is 17.5. The van der Waals surface area contributed by atoms with E-state index in [1.54, 1.807) is 31.3 Å². The molecular weight excluding hydrogens is 413 g/mol. The number of alkyl halides is 3. The van der Waals surface area contributed by atoms with Gasteiger partial charge in [0.25, 0.3) is 0 Å². The van der Waals surface area contributed by atoms with Crippen molar-refractivity contribution in [3.05, 3.63) is 53.6 Å². The largest absolute Gasteiger partial charge is 0.495 e. The third kappa shape index (κ3) is 8.45. The lowest BCUT2D eigenvalue weighted by Crippen LogP contribution is -2.36. The highest BCUT2D eigenvalue weighted by Gasteiger charge is 2.28. The third-order valence-corrected chi connectivity index (χ3v) is 4.04. The van der Waals surface area contributed by atoms with E-state index in [1.807, 2.05) is 6.07 Å². The predicted molar refractivity (Wildman–Crippen MR) is 112 cm³/mol. The molecule has 31 heavy (non-hydrogen) atoms. The summed E-state index contributed by atoms with van der Waals surface area (Å²) in [6.07, 6.45) is -4.37. The second-order valence-corrected chi connectivity index (χ2v) is 6.54. The van der Waals surface area contributed by atoms with E-state index in [2.05, 4.69) is 20.9 Å². The molecule has 1 amide bonds. The van der Waals surface area contributed by atoms with E-state index in [0.717, 1.165) is 11.1 Å². The zero-order valence-corrected chi connectivity index (χ0v) is 17.5. The van der Waals surface area contributed by atoms with Gasteiger partial charge < -0.3 is 25.4 Å². The zero-order chi connectivity index (χ0) is 22.9. The van der Waals surface area contributed by atoms with E-state index in [-0.39, 0.29) is 11.7 Å². The standard InChI is InChI=1S/C21H25F3N4O3/c1-14(29)28-18-10-16(6-9-19(18)30-3)12-27-20(25-2)26-11-15-4-7-17(8-5-15)31-13-21(22,23)24/h4-10H,11-13H2,1-3H3,(H,28,29)(H2,25,26,27). The summed E-state index contributed by atoms with van der Waals surface area (Å²) in [5.41, 5.74) is 2.32. The number of benzene rings is 2. The van der Waals surface area contributed by atoms with E-state index in [4.69, 9.17) is 9.47 Å². The molecule has 7 nitrogen and oxygen atoms in total. The van der Waals surface area contributed by atoms with Crippen LogP contribution in [0.1, 0.15) is 18.1 Å². The fourth-order valence-corrected chi connectivity index (χ4v) is 2.61. The number of nitrogens with zero attached hydrogens (tertiary/aromatic N) is 1. The molecule has 2 rings (SSSR count). The second-order valence-electron chi connectivity index (χ2n) is 6.54. The summed E-state index contributed by atoms with van der Waals surface area (Å²) in [7, 11) is 3.15. The summed E-state index contributed by atoms with van der Waals surface area (Å²) in [4.78, 5) is 15.5. The van der Waals surface area contributed by atoms with Crippen LogP contribution in [-0.2, 0) is 17.9 Å². The summed E-state index contributed by atoms with van der Waals surface area (Å²) in [6, 6.07) is 11.8. The summed E-state index contributed by atoms with van der Waals surface area (Å²) in [5, 5.41) is 9.01. The van der Waals surface area contributed by atoms with Crippen LogP contribution >= 0.6 is 0 Å². The fourth-order valence-electron chi connectivity index (χ4n) is 2.61. The van der Waals surface area contributed by atoms with Crippen LogP contribution in [0.25, 0.3) is 0 Å². The fraction of sp³-hybridized carbons (Fsp3) is 0.333. The van der Waals surface area contributed by atoms with Gasteiger partial charge in [-0.2, -0.15) is 13.2 Å². The Morgan fingerprint density at radius 3 is 2.19 bits per heavy atom. The average Bonchev–Trinajstić information content (AvgIpc) is 2.72. The van der Waals surface area contributed by atoms with Crippen LogP contribution in [0.15, 0.2) is 47.5 Å². The molecule has 0 saturated carbocycles. The van der Waals surface area contributed by atoms with Gasteiger partial charge in [0.2, 0.25) is 5.91 Å². The van der Waals surface area contributed by atoms with Crippen LogP contribution in [0.2, 0.25) is 0 Å². The van der Waals surface area contributed by atoms with Gasteiger partial charge in [-0.05, 0) is 35.4 Å². The van der Waals surface area contributed by atoms with Crippen LogP contribution in [0.5, 0.6) is 11.5 Å². The lowest BCUT2D eigenvalue weighted by atomic mass is 10.2. The monoisotopic (exact) mass is 438 g/mol. The van der Waals surface area contributed by atoms with Crippen molar-refractivity contribution >= 4 is 17.6 Å². The van der Waals surface area contributed by atoms with Crippen molar-refractivity contribution in [3.8, 4) is 11.5 Å². The molecule has 168 valence electrons. The van der Waals surface area contributed by atoms with Gasteiger partial charge in [-0.3, -0.25) is 9.79 Å². The molecule has 0 aliphatic heterocycles. The Labute approximate surface area is 178 Å². The molecule has 10 heteroatoms. The summed E-state index contributed by atoms with van der Waals surface area (Å²) in [6.45, 7) is 0.959. The Morgan fingerprint density at radius 1 is 1.03 bits per heavy atom. The quantitative estimate of drug-likeness (QED) is 0.434. The van der Waals surface area contributed by atoms with Crippen molar-refractivity contribution < 1.29 is 27.4 Å². The third-order valence-electron chi connectivity index (χ3n) is 4.04. The minimum Gasteiger partial charge on any atom is -0.495 e. The lowest BCUT2D eigenvalue weighted by molar-refractivity contribution is -0.153. The molecule has 0 fully saturated rings. The number of hydrogen-bond acceptors (Lipinski definition) is 4. The number of nitrogens with one attached hydrogen (secondary N) is 3. The number of halogens is 3. The number of guanidine groups is 1. The van der Waals surface area contributed by atoms with Crippen LogP contribution in [0.4, 0.5) is 18.9 Å². The van der Waals surface area contributed by atoms with Crippen LogP contribution in [0, 0.1) is 0 Å². The van der Waals surface area contributed by atoms with Gasteiger partial charge >= 0.3 is 6.18 Å². The Hall–Kier alpha value is -3.43. The van der Waals surface area contributed by atoms with Crippen molar-refractivity contribution in [2.45, 2.75) is 26.2 Å². The molecule has 2 aromatic rings. The molecule has 0 bridgehead atoms. The highest BCUT2D eigenvalue weighted by Crippen LogP contribution is 2.25. The number of carbonyl (C=O) groups is 1. The van der Waals surface area contributed by atoms with E-state index < -0.39 is 12.8 Å². The minimum atomic E-state index is -4.37. The van der Waals surface area contributed by atoms with E-state index in [0.29, 0.717) is 30.5 Å². The number of rotatable bonds is 8. The van der Waals surface area contributed by atoms with Gasteiger partial charge in [-0.1, -0.05) is 18.2 Å². The predicted octanol–water partition coefficient (Wildman–Crippen LogP) is 3.46. The Balaban J connectivity index is 1.88. The molecule has 0 unspecified atom stereocenters. The normalized spacial score (nSPS) is 11.6. The molecule has 0 spiro atoms. The smallest absolute Gasteiger partial charge is 0.422 e. The summed E-state index contributed by atoms with van der Waals surface area (Å²) >= 11 is 0. The van der Waals surface area contributed by atoms with Gasteiger partial charge in [-0.15, -0.1) is 0 Å². The van der Waals surface area contributed by atoms with Crippen LogP contribution in [0.3, 0.4) is 0 Å². The van der Waals surface area contributed by atoms with Crippen molar-refractivity contribution in [1.29, 1.82) is 0 Å². The van der Waals surface area contributed by atoms with Gasteiger partial charge in [-0.25, -0.2) is 0 Å². The van der Waals surface area contributed by atoms with Crippen LogP contribution < -0.4 is 25.4 Å². The molecular formula is C21H25F3N4O3. The molecule has 0 atom stereocenters. The van der Waals surface area contributed by atoms with Gasteiger partial charge in [0, 0.05) is 27.1 Å². The molecule has 0 aromatic heterocycles. The van der Waals surface area contributed by atoms with Crippen molar-refractivity contribution in [2.75, 3.05) is 26.1 Å². The number of carbonyl (C=O) groups excluding carboxylic acids is 1. The molecule has 0 radical (unpaired) electrons. The number of amides is 1. The highest BCUT2D eigenvalue weighted by atomic mass is 19.4. The molecule has 2 aromatic carbocycles. The van der Waals surface area contributed by atoms with Crippen molar-refractivity contribution in [2.24, 2.45) is 4.99 Å². The first kappa shape index (κ1) is 23.8. The first-order valence-electron chi connectivity index (χ1n) is 9.37. The van der Waals surface area contributed by atoms with E-state index >= 15 is 0 Å². The number of hydrogen-bond donors (Lipinski definition) is 3. The molecule has 0 heterocycles. The molecule has 3 N–H and O–H groups in total. The summed E-state index contributed by atoms with van der Waals surface area (Å²) in [5.74, 6) is 1.05. The molecule has 0 saturated heterocycles. The van der Waals surface area contributed by atoms with Gasteiger partial charge in [0.1, 0.15) is 11.5 Å². The number of ether oxygens (including phenoxy) is 2. The maximum Gasteiger partial charge on any atom is 0.422 e. The molecule has 0 aliphatic rings. The van der Waals surface area contributed by atoms with Crippen molar-refractivity contribution in [3.63, 3.8) is 0 Å². The van der Waals surface area contributed by atoms with Crippen molar-refractivity contribution in [1.82, 2.24) is 10.6 Å².